The van der Waals surface area contributed by atoms with Gasteiger partial charge in [0.05, 0.1) is 6.04 Å². The minimum absolute atomic E-state index is 0.0340. The highest BCUT2D eigenvalue weighted by atomic mass is 32.1. The van der Waals surface area contributed by atoms with Crippen molar-refractivity contribution in [1.29, 1.82) is 0 Å². The topological polar surface area (TPSA) is 220 Å². The summed E-state index contributed by atoms with van der Waals surface area (Å²) in [5.41, 5.74) is 16.3. The number of hydrogen-bond acceptors (Lipinski definition) is 8. The second-order valence-electron chi connectivity index (χ2n) is 7.91. The van der Waals surface area contributed by atoms with E-state index in [0.29, 0.717) is 25.8 Å². The van der Waals surface area contributed by atoms with Crippen molar-refractivity contribution in [2.45, 2.75) is 76.5 Å². The average Bonchev–Trinajstić information content (AvgIpc) is 2.77. The molecule has 4 amide bonds. The molecule has 0 rings (SSSR count). The third kappa shape index (κ3) is 11.9. The normalized spacial score (nSPS) is 15.4. The fourth-order valence-electron chi connectivity index (χ4n) is 2.89. The number of thiol groups is 1. The van der Waals surface area contributed by atoms with Gasteiger partial charge in [0.2, 0.25) is 23.6 Å². The molecule has 12 nitrogen and oxygen atoms in total. The number of nitrogens with one attached hydrogen (secondary N) is 3. The van der Waals surface area contributed by atoms with Gasteiger partial charge in [0.1, 0.15) is 18.1 Å². The number of carboxylic acids is 1. The van der Waals surface area contributed by atoms with Gasteiger partial charge in [-0.05, 0) is 38.1 Å². The fourth-order valence-corrected chi connectivity index (χ4v) is 3.05. The summed E-state index contributed by atoms with van der Waals surface area (Å²) in [6, 6.07) is -4.35. The summed E-state index contributed by atoms with van der Waals surface area (Å²) in [4.78, 5) is 60.7. The van der Waals surface area contributed by atoms with E-state index < -0.39 is 53.8 Å². The van der Waals surface area contributed by atoms with Crippen LogP contribution in [0.15, 0.2) is 0 Å². The largest absolute Gasteiger partial charge is 0.480 e. The third-order valence-corrected chi connectivity index (χ3v) is 5.60. The van der Waals surface area contributed by atoms with Crippen LogP contribution < -0.4 is 33.2 Å². The van der Waals surface area contributed by atoms with Gasteiger partial charge in [-0.1, -0.05) is 20.3 Å². The molecule has 0 saturated heterocycles. The number of unbranched alkanes of at least 4 members (excludes halogenated alkanes) is 1. The van der Waals surface area contributed by atoms with Crippen LogP contribution in [-0.4, -0.2) is 71.2 Å². The zero-order chi connectivity index (χ0) is 25.6. The highest BCUT2D eigenvalue weighted by Gasteiger charge is 2.31. The number of carbonyl (C=O) groups is 5. The smallest absolute Gasteiger partial charge is 0.326 e. The lowest BCUT2D eigenvalue weighted by molar-refractivity contribution is -0.144. The van der Waals surface area contributed by atoms with Crippen molar-refractivity contribution >= 4 is 42.2 Å². The lowest BCUT2D eigenvalue weighted by Crippen LogP contribution is -2.58. The van der Waals surface area contributed by atoms with Gasteiger partial charge < -0.3 is 38.3 Å². The van der Waals surface area contributed by atoms with Crippen molar-refractivity contribution in [3.8, 4) is 0 Å². The first-order chi connectivity index (χ1) is 15.5. The molecule has 0 aromatic heterocycles. The van der Waals surface area contributed by atoms with Crippen LogP contribution in [0.5, 0.6) is 0 Å². The maximum Gasteiger partial charge on any atom is 0.326 e. The Morgan fingerprint density at radius 2 is 1.48 bits per heavy atom. The standard InChI is InChI=1S/C20H38N6O6S/c1-3-11(2)16(20(31)32)26-19(30)13(6-4-5-9-21)25-18(29)14(7-8-15(23)27)24-17(28)12(22)10-33/h11-14,16,33H,3-10,21-22H2,1-2H3,(H2,23,27)(H,24,28)(H,25,29)(H,26,30)(H,31,32). The molecule has 0 aliphatic carbocycles. The summed E-state index contributed by atoms with van der Waals surface area (Å²) in [5, 5.41) is 16.9. The average molecular weight is 491 g/mol. The molecule has 0 aliphatic rings. The van der Waals surface area contributed by atoms with Crippen molar-refractivity contribution in [2.24, 2.45) is 23.1 Å². The molecule has 5 atom stereocenters. The SMILES string of the molecule is CCC(C)C(NC(=O)C(CCCCN)NC(=O)C(CCC(N)=O)NC(=O)C(N)CS)C(=O)O. The van der Waals surface area contributed by atoms with Crippen LogP contribution >= 0.6 is 12.6 Å². The van der Waals surface area contributed by atoms with Crippen LogP contribution in [0.3, 0.4) is 0 Å². The molecule has 0 saturated carbocycles. The van der Waals surface area contributed by atoms with Crippen LogP contribution in [0.2, 0.25) is 0 Å². The van der Waals surface area contributed by atoms with E-state index >= 15 is 0 Å². The third-order valence-electron chi connectivity index (χ3n) is 5.20. The summed E-state index contributed by atoms with van der Waals surface area (Å²) in [7, 11) is 0. The zero-order valence-electron chi connectivity index (χ0n) is 19.2. The number of amides is 4. The van der Waals surface area contributed by atoms with E-state index in [9.17, 15) is 29.1 Å². The van der Waals surface area contributed by atoms with Gasteiger partial charge in [-0.25, -0.2) is 4.79 Å². The van der Waals surface area contributed by atoms with E-state index in [-0.39, 0.29) is 30.9 Å². The molecule has 0 fully saturated rings. The van der Waals surface area contributed by atoms with Gasteiger partial charge in [-0.2, -0.15) is 12.6 Å². The Morgan fingerprint density at radius 3 is 1.97 bits per heavy atom. The lowest BCUT2D eigenvalue weighted by atomic mass is 9.98. The molecule has 0 heterocycles. The molecule has 0 aromatic rings. The fraction of sp³-hybridized carbons (Fsp3) is 0.750. The van der Waals surface area contributed by atoms with Gasteiger partial charge in [-0.15, -0.1) is 0 Å². The molecular formula is C20H38N6O6S. The molecule has 33 heavy (non-hydrogen) atoms. The summed E-state index contributed by atoms with van der Waals surface area (Å²) >= 11 is 3.94. The maximum absolute atomic E-state index is 12.9. The molecule has 190 valence electrons. The first-order valence-corrected chi connectivity index (χ1v) is 11.6. The minimum atomic E-state index is -1.18. The summed E-state index contributed by atoms with van der Waals surface area (Å²) in [6.45, 7) is 3.88. The van der Waals surface area contributed by atoms with Gasteiger partial charge in [0, 0.05) is 12.2 Å². The van der Waals surface area contributed by atoms with Crippen molar-refractivity contribution in [2.75, 3.05) is 12.3 Å². The van der Waals surface area contributed by atoms with Crippen LogP contribution in [0.25, 0.3) is 0 Å². The van der Waals surface area contributed by atoms with Gasteiger partial charge in [0.25, 0.3) is 0 Å². The quantitative estimate of drug-likeness (QED) is 0.0858. The second-order valence-corrected chi connectivity index (χ2v) is 8.28. The van der Waals surface area contributed by atoms with E-state index in [0.717, 1.165) is 0 Å². The monoisotopic (exact) mass is 490 g/mol. The zero-order valence-corrected chi connectivity index (χ0v) is 20.1. The Balaban J connectivity index is 5.56. The Bertz CT molecular complexity index is 679. The Morgan fingerprint density at radius 1 is 0.939 bits per heavy atom. The summed E-state index contributed by atoms with van der Waals surface area (Å²) in [5.74, 6) is -4.20. The minimum Gasteiger partial charge on any atom is -0.480 e. The molecule has 10 N–H and O–H groups in total. The number of hydrogen-bond donors (Lipinski definition) is 8. The van der Waals surface area contributed by atoms with Gasteiger partial charge >= 0.3 is 5.97 Å². The first kappa shape index (κ1) is 30.6. The first-order valence-electron chi connectivity index (χ1n) is 11.0. The molecule has 0 bridgehead atoms. The van der Waals surface area contributed by atoms with Crippen molar-refractivity contribution in [3.05, 3.63) is 0 Å². The molecule has 13 heteroatoms. The van der Waals surface area contributed by atoms with Crippen LogP contribution in [0, 0.1) is 5.92 Å². The highest BCUT2D eigenvalue weighted by Crippen LogP contribution is 2.10. The molecule has 5 unspecified atom stereocenters. The number of rotatable bonds is 17. The number of aliphatic carboxylic acids is 1. The lowest BCUT2D eigenvalue weighted by Gasteiger charge is -2.26. The van der Waals surface area contributed by atoms with Gasteiger partial charge in [0.15, 0.2) is 0 Å². The number of carboxylic acid groups (broad SMARTS) is 1. The van der Waals surface area contributed by atoms with E-state index in [4.69, 9.17) is 17.2 Å². The van der Waals surface area contributed by atoms with E-state index in [2.05, 4.69) is 28.6 Å². The van der Waals surface area contributed by atoms with Crippen LogP contribution in [0.4, 0.5) is 0 Å². The Hall–Kier alpha value is -2.38. The maximum atomic E-state index is 12.9. The van der Waals surface area contributed by atoms with E-state index in [1.807, 2.05) is 0 Å². The predicted octanol–water partition coefficient (Wildman–Crippen LogP) is -1.78. The molecule has 0 aliphatic heterocycles. The van der Waals surface area contributed by atoms with Crippen molar-refractivity contribution in [3.63, 3.8) is 0 Å². The van der Waals surface area contributed by atoms with Crippen molar-refractivity contribution < 1.29 is 29.1 Å². The summed E-state index contributed by atoms with van der Waals surface area (Å²) in [6.07, 6.45) is 1.52. The Labute approximate surface area is 199 Å². The molecule has 0 spiro atoms. The van der Waals surface area contributed by atoms with E-state index in [1.54, 1.807) is 13.8 Å². The molecular weight excluding hydrogens is 452 g/mol. The Kier molecular flexibility index (Phi) is 15.1. The highest BCUT2D eigenvalue weighted by molar-refractivity contribution is 7.80. The van der Waals surface area contributed by atoms with Crippen LogP contribution in [0.1, 0.15) is 52.4 Å². The number of carbonyl (C=O) groups excluding carboxylic acids is 4. The predicted molar refractivity (Wildman–Crippen MR) is 126 cm³/mol. The molecule has 0 aromatic carbocycles. The van der Waals surface area contributed by atoms with Crippen molar-refractivity contribution in [1.82, 2.24) is 16.0 Å². The molecule has 0 radical (unpaired) electrons. The van der Waals surface area contributed by atoms with Crippen LogP contribution in [-0.2, 0) is 24.0 Å². The number of nitrogens with two attached hydrogens (primary N) is 3. The van der Waals surface area contributed by atoms with Gasteiger partial charge in [-0.3, -0.25) is 19.2 Å². The second kappa shape index (κ2) is 16.3. The summed E-state index contributed by atoms with van der Waals surface area (Å²) < 4.78 is 0. The number of primary amides is 1. The van der Waals surface area contributed by atoms with E-state index in [1.165, 1.54) is 0 Å².